The molecule has 0 spiro atoms. The maximum Gasteiger partial charge on any atom is 0.272 e. The fourth-order valence-electron chi connectivity index (χ4n) is 5.57. The molecule has 2 bridgehead atoms. The van der Waals surface area contributed by atoms with Gasteiger partial charge < -0.3 is 15.0 Å². The summed E-state index contributed by atoms with van der Waals surface area (Å²) in [6.07, 6.45) is 4.70. The van der Waals surface area contributed by atoms with Crippen LogP contribution in [0.5, 0.6) is 5.75 Å². The van der Waals surface area contributed by atoms with Gasteiger partial charge in [-0.1, -0.05) is 19.1 Å². The first-order valence-corrected chi connectivity index (χ1v) is 9.85. The van der Waals surface area contributed by atoms with E-state index in [9.17, 15) is 4.79 Å². The quantitative estimate of drug-likeness (QED) is 0.876. The number of fused-ring (bicyclic) bond motifs is 1. The SMILES string of the molecule is COc1cccc(-c2cc(C(=O)N3C[C@@H]4C[C@@]5(C)[C@H](CCC[C@@H]35)N4)[nH]n2)c1. The molecule has 1 saturated carbocycles. The highest BCUT2D eigenvalue weighted by molar-refractivity contribution is 5.94. The Morgan fingerprint density at radius 3 is 3.07 bits per heavy atom. The zero-order valence-electron chi connectivity index (χ0n) is 15.9. The van der Waals surface area contributed by atoms with Crippen LogP contribution >= 0.6 is 0 Å². The number of nitrogens with one attached hydrogen (secondary N) is 2. The minimum atomic E-state index is 0.0712. The molecule has 27 heavy (non-hydrogen) atoms. The summed E-state index contributed by atoms with van der Waals surface area (Å²) in [6.45, 7) is 3.16. The summed E-state index contributed by atoms with van der Waals surface area (Å²) in [5.74, 6) is 0.852. The summed E-state index contributed by atoms with van der Waals surface area (Å²) in [4.78, 5) is 15.4. The average Bonchev–Trinajstić information content (AvgIpc) is 3.29. The first-order valence-electron chi connectivity index (χ1n) is 9.85. The highest BCUT2D eigenvalue weighted by atomic mass is 16.5. The zero-order chi connectivity index (χ0) is 18.6. The standard InChI is InChI=1S/C21H26N4O2/c1-21-11-14-12-25(19(21)8-4-7-18(21)22-14)20(26)17-10-16(23-24-17)13-5-3-6-15(9-13)27-2/h3,5-6,9-10,14,18-19,22H,4,7-8,11-12H2,1-2H3,(H,23,24)/t14-,18-,19+,21-/m0/s1. The molecule has 0 radical (unpaired) electrons. The highest BCUT2D eigenvalue weighted by Gasteiger charge is 2.56. The lowest BCUT2D eigenvalue weighted by molar-refractivity contribution is 0.0127. The number of likely N-dealkylation sites (tertiary alicyclic amines) is 1. The number of nitrogens with zero attached hydrogens (tertiary/aromatic N) is 2. The van der Waals surface area contributed by atoms with E-state index in [2.05, 4.69) is 27.3 Å². The Morgan fingerprint density at radius 1 is 1.33 bits per heavy atom. The number of rotatable bonds is 3. The first kappa shape index (κ1) is 16.8. The van der Waals surface area contributed by atoms with Crippen molar-refractivity contribution in [1.82, 2.24) is 20.4 Å². The maximum absolute atomic E-state index is 13.3. The number of ether oxygens (including phenoxy) is 1. The van der Waals surface area contributed by atoms with Gasteiger partial charge in [0.15, 0.2) is 0 Å². The molecule has 3 fully saturated rings. The van der Waals surface area contributed by atoms with E-state index in [0.29, 0.717) is 23.8 Å². The van der Waals surface area contributed by atoms with Crippen molar-refractivity contribution in [2.24, 2.45) is 5.41 Å². The number of carbonyl (C=O) groups is 1. The van der Waals surface area contributed by atoms with Crippen LogP contribution in [0.3, 0.4) is 0 Å². The summed E-state index contributed by atoms with van der Waals surface area (Å²) in [7, 11) is 1.65. The third-order valence-electron chi connectivity index (χ3n) is 6.88. The van der Waals surface area contributed by atoms with E-state index in [1.54, 1.807) is 7.11 Å². The van der Waals surface area contributed by atoms with E-state index in [1.807, 2.05) is 30.3 Å². The Bertz CT molecular complexity index is 879. The second-order valence-electron chi connectivity index (χ2n) is 8.43. The Kier molecular flexibility index (Phi) is 3.79. The smallest absolute Gasteiger partial charge is 0.272 e. The van der Waals surface area contributed by atoms with Crippen LogP contribution in [0.25, 0.3) is 11.3 Å². The van der Waals surface area contributed by atoms with E-state index in [1.165, 1.54) is 19.3 Å². The Hall–Kier alpha value is -2.34. The molecule has 1 aromatic heterocycles. The predicted molar refractivity (Wildman–Crippen MR) is 103 cm³/mol. The largest absolute Gasteiger partial charge is 0.497 e. The van der Waals surface area contributed by atoms with Crippen molar-refractivity contribution in [3.8, 4) is 17.0 Å². The van der Waals surface area contributed by atoms with E-state index >= 15 is 0 Å². The molecule has 2 aliphatic heterocycles. The molecule has 1 amide bonds. The van der Waals surface area contributed by atoms with E-state index in [4.69, 9.17) is 4.74 Å². The van der Waals surface area contributed by atoms with Crippen molar-refractivity contribution >= 4 is 5.91 Å². The Morgan fingerprint density at radius 2 is 2.22 bits per heavy atom. The van der Waals surface area contributed by atoms with Crippen molar-refractivity contribution in [3.05, 3.63) is 36.0 Å². The molecule has 3 aliphatic rings. The minimum absolute atomic E-state index is 0.0712. The molecule has 2 N–H and O–H groups in total. The molecule has 0 unspecified atom stereocenters. The van der Waals surface area contributed by atoms with Crippen molar-refractivity contribution < 1.29 is 9.53 Å². The van der Waals surface area contributed by atoms with Crippen molar-refractivity contribution in [1.29, 1.82) is 0 Å². The number of methoxy groups -OCH3 is 1. The summed E-state index contributed by atoms with van der Waals surface area (Å²) in [5, 5.41) is 11.1. The predicted octanol–water partition coefficient (Wildman–Crippen LogP) is 2.83. The molecule has 3 heterocycles. The summed E-state index contributed by atoms with van der Waals surface area (Å²) in [6, 6.07) is 10.9. The molecule has 6 nitrogen and oxygen atoms in total. The normalized spacial score (nSPS) is 31.8. The molecule has 1 aliphatic carbocycles. The number of benzene rings is 1. The molecular weight excluding hydrogens is 340 g/mol. The van der Waals surface area contributed by atoms with Crippen LogP contribution in [-0.4, -0.2) is 52.8 Å². The Labute approximate surface area is 159 Å². The van der Waals surface area contributed by atoms with E-state index in [-0.39, 0.29) is 11.3 Å². The van der Waals surface area contributed by atoms with Gasteiger partial charge in [0, 0.05) is 35.6 Å². The third-order valence-corrected chi connectivity index (χ3v) is 6.88. The number of aromatic nitrogens is 2. The molecule has 2 saturated heterocycles. The number of hydrogen-bond acceptors (Lipinski definition) is 4. The average molecular weight is 366 g/mol. The van der Waals surface area contributed by atoms with Crippen LogP contribution in [-0.2, 0) is 0 Å². The van der Waals surface area contributed by atoms with Crippen LogP contribution < -0.4 is 10.1 Å². The fourth-order valence-corrected chi connectivity index (χ4v) is 5.57. The number of amides is 1. The molecule has 6 heteroatoms. The van der Waals surface area contributed by atoms with Crippen molar-refractivity contribution in [2.75, 3.05) is 13.7 Å². The van der Waals surface area contributed by atoms with Gasteiger partial charge in [-0.05, 0) is 43.9 Å². The number of carbonyl (C=O) groups excluding carboxylic acids is 1. The second-order valence-corrected chi connectivity index (χ2v) is 8.43. The number of hydrogen-bond donors (Lipinski definition) is 2. The maximum atomic E-state index is 13.3. The van der Waals surface area contributed by atoms with Crippen molar-refractivity contribution in [2.45, 2.75) is 50.7 Å². The topological polar surface area (TPSA) is 70.2 Å². The lowest BCUT2D eigenvalue weighted by atomic mass is 9.66. The van der Waals surface area contributed by atoms with Gasteiger partial charge in [-0.25, -0.2) is 0 Å². The molecule has 5 rings (SSSR count). The van der Waals surface area contributed by atoms with Crippen molar-refractivity contribution in [3.63, 3.8) is 0 Å². The lowest BCUT2D eigenvalue weighted by Gasteiger charge is -2.50. The van der Waals surface area contributed by atoms with E-state index in [0.717, 1.165) is 30.0 Å². The number of aromatic amines is 1. The van der Waals surface area contributed by atoms with Gasteiger partial charge in [0.2, 0.25) is 0 Å². The van der Waals surface area contributed by atoms with Gasteiger partial charge in [-0.15, -0.1) is 0 Å². The first-order chi connectivity index (χ1) is 13.1. The molecule has 4 atom stereocenters. The van der Waals surface area contributed by atoms with Gasteiger partial charge in [0.1, 0.15) is 11.4 Å². The van der Waals surface area contributed by atoms with E-state index < -0.39 is 0 Å². The number of piperidine rings is 1. The second kappa shape index (κ2) is 6.09. The third kappa shape index (κ3) is 2.57. The summed E-state index contributed by atoms with van der Waals surface area (Å²) >= 11 is 0. The van der Waals surface area contributed by atoms with Crippen LogP contribution in [0.15, 0.2) is 30.3 Å². The van der Waals surface area contributed by atoms with Gasteiger partial charge in [0.25, 0.3) is 5.91 Å². The lowest BCUT2D eigenvalue weighted by Crippen LogP contribution is -2.57. The van der Waals surface area contributed by atoms with Gasteiger partial charge in [-0.2, -0.15) is 5.10 Å². The van der Waals surface area contributed by atoms with Gasteiger partial charge in [0.05, 0.1) is 12.8 Å². The van der Waals surface area contributed by atoms with Crippen LogP contribution in [0.2, 0.25) is 0 Å². The molecule has 142 valence electrons. The van der Waals surface area contributed by atoms with Crippen LogP contribution in [0.4, 0.5) is 0 Å². The highest BCUT2D eigenvalue weighted by Crippen LogP contribution is 2.50. The van der Waals surface area contributed by atoms with Crippen LogP contribution in [0.1, 0.15) is 43.1 Å². The Balaban J connectivity index is 1.42. The number of H-pyrrole nitrogens is 1. The van der Waals surface area contributed by atoms with Gasteiger partial charge in [-0.3, -0.25) is 9.89 Å². The summed E-state index contributed by atoms with van der Waals surface area (Å²) in [5.41, 5.74) is 2.48. The van der Waals surface area contributed by atoms with Gasteiger partial charge >= 0.3 is 0 Å². The summed E-state index contributed by atoms with van der Waals surface area (Å²) < 4.78 is 5.29. The monoisotopic (exact) mass is 366 g/mol. The minimum Gasteiger partial charge on any atom is -0.497 e. The van der Waals surface area contributed by atoms with Crippen LogP contribution in [0, 0.1) is 5.41 Å². The fraction of sp³-hybridized carbons (Fsp3) is 0.524. The molecule has 2 aromatic rings. The molecule has 1 aromatic carbocycles. The zero-order valence-corrected chi connectivity index (χ0v) is 15.9. The molecular formula is C21H26N4O2.